The summed E-state index contributed by atoms with van der Waals surface area (Å²) in [6.07, 6.45) is 1.05. The molecule has 1 heterocycles. The maximum atomic E-state index is 12.7. The fourth-order valence-electron chi connectivity index (χ4n) is 3.12. The van der Waals surface area contributed by atoms with Crippen molar-refractivity contribution in [2.75, 3.05) is 11.9 Å². The molecule has 0 spiro atoms. The van der Waals surface area contributed by atoms with E-state index in [1.165, 1.54) is 0 Å². The van der Waals surface area contributed by atoms with Crippen LogP contribution < -0.4 is 15.7 Å². The zero-order valence-electron chi connectivity index (χ0n) is 15.7. The van der Waals surface area contributed by atoms with Crippen LogP contribution >= 0.6 is 0 Å². The Balaban J connectivity index is 1.67. The van der Waals surface area contributed by atoms with E-state index in [1.54, 1.807) is 33.4 Å². The van der Waals surface area contributed by atoms with E-state index < -0.39 is 0 Å². The third-order valence-corrected chi connectivity index (χ3v) is 4.38. The number of para-hydroxylation sites is 2. The number of hydrogen-bond donors (Lipinski definition) is 1. The minimum atomic E-state index is -0.176. The quantitative estimate of drug-likeness (QED) is 0.652. The van der Waals surface area contributed by atoms with Crippen LogP contribution in [0.3, 0.4) is 0 Å². The molecule has 0 saturated heterocycles. The lowest BCUT2D eigenvalue weighted by Gasteiger charge is -2.07. The fraction of sp³-hybridized carbons (Fsp3) is 0.286. The molecule has 3 aromatic rings. The van der Waals surface area contributed by atoms with Crippen LogP contribution in [-0.2, 0) is 17.9 Å². The zero-order chi connectivity index (χ0) is 19.9. The molecule has 0 unspecified atom stereocenters. The number of carbonyl (C=O) groups is 1. The first-order valence-electron chi connectivity index (χ1n) is 9.21. The van der Waals surface area contributed by atoms with E-state index in [2.05, 4.69) is 5.32 Å². The molecule has 0 aliphatic rings. The number of nitrogens with one attached hydrogen (secondary N) is 1. The highest BCUT2D eigenvalue weighted by atomic mass is 16.5. The SMILES string of the molecule is CCCn1c(=O)n(CCC(=O)Nc2ccc(OCC#N)cc2)c2ccccc21. The smallest absolute Gasteiger partial charge is 0.329 e. The highest BCUT2D eigenvalue weighted by Crippen LogP contribution is 2.17. The van der Waals surface area contributed by atoms with E-state index in [4.69, 9.17) is 10.00 Å². The van der Waals surface area contributed by atoms with Crippen LogP contribution in [0.5, 0.6) is 5.75 Å². The van der Waals surface area contributed by atoms with Gasteiger partial charge in [0.15, 0.2) is 6.61 Å². The number of amides is 1. The molecule has 2 aromatic carbocycles. The molecule has 0 radical (unpaired) electrons. The number of ether oxygens (including phenoxy) is 1. The van der Waals surface area contributed by atoms with Crippen LogP contribution in [0.4, 0.5) is 5.69 Å². The summed E-state index contributed by atoms with van der Waals surface area (Å²) in [4.78, 5) is 25.0. The molecule has 3 rings (SSSR count). The Hall–Kier alpha value is -3.53. The van der Waals surface area contributed by atoms with Gasteiger partial charge in [0, 0.05) is 25.2 Å². The number of benzene rings is 2. The topological polar surface area (TPSA) is 89.1 Å². The second kappa shape index (κ2) is 8.91. The minimum absolute atomic E-state index is 0.0217. The summed E-state index contributed by atoms with van der Waals surface area (Å²) in [5.74, 6) is 0.389. The van der Waals surface area contributed by atoms with Crippen molar-refractivity contribution in [1.29, 1.82) is 5.26 Å². The maximum absolute atomic E-state index is 12.7. The number of fused-ring (bicyclic) bond motifs is 1. The molecular weight excluding hydrogens is 356 g/mol. The first kappa shape index (κ1) is 19.2. The Kier molecular flexibility index (Phi) is 6.12. The van der Waals surface area contributed by atoms with Crippen molar-refractivity contribution in [2.45, 2.75) is 32.9 Å². The molecule has 1 amide bonds. The first-order chi connectivity index (χ1) is 13.6. The third kappa shape index (κ3) is 4.23. The Morgan fingerprint density at radius 2 is 1.71 bits per heavy atom. The third-order valence-electron chi connectivity index (χ3n) is 4.38. The first-order valence-corrected chi connectivity index (χ1v) is 9.21. The second-order valence-electron chi connectivity index (χ2n) is 6.34. The normalized spacial score (nSPS) is 10.6. The molecule has 0 saturated carbocycles. The van der Waals surface area contributed by atoms with Gasteiger partial charge in [-0.05, 0) is 42.8 Å². The lowest BCUT2D eigenvalue weighted by Crippen LogP contribution is -2.26. The van der Waals surface area contributed by atoms with Gasteiger partial charge in [-0.25, -0.2) is 4.79 Å². The van der Waals surface area contributed by atoms with E-state index in [1.807, 2.05) is 37.3 Å². The molecule has 0 aliphatic heterocycles. The second-order valence-corrected chi connectivity index (χ2v) is 6.34. The number of rotatable bonds is 8. The number of hydrogen-bond acceptors (Lipinski definition) is 4. The summed E-state index contributed by atoms with van der Waals surface area (Å²) in [6, 6.07) is 16.3. The number of anilines is 1. The Bertz CT molecular complexity index is 1060. The minimum Gasteiger partial charge on any atom is -0.479 e. The standard InChI is InChI=1S/C21H22N4O3/c1-2-13-24-18-5-3-4-6-19(18)25(21(24)27)14-11-20(26)23-16-7-9-17(10-8-16)28-15-12-22/h3-10H,2,11,13-15H2,1H3,(H,23,26). The lowest BCUT2D eigenvalue weighted by atomic mass is 10.3. The maximum Gasteiger partial charge on any atom is 0.329 e. The number of aromatic nitrogens is 2. The average Bonchev–Trinajstić information content (AvgIpc) is 2.97. The summed E-state index contributed by atoms with van der Waals surface area (Å²) in [5, 5.41) is 11.3. The molecule has 28 heavy (non-hydrogen) atoms. The zero-order valence-corrected chi connectivity index (χ0v) is 15.7. The van der Waals surface area contributed by atoms with E-state index in [0.717, 1.165) is 17.5 Å². The summed E-state index contributed by atoms with van der Waals surface area (Å²) in [5.41, 5.74) is 2.28. The van der Waals surface area contributed by atoms with Crippen molar-refractivity contribution >= 4 is 22.6 Å². The highest BCUT2D eigenvalue weighted by molar-refractivity contribution is 5.90. The van der Waals surface area contributed by atoms with Gasteiger partial charge in [0.25, 0.3) is 0 Å². The van der Waals surface area contributed by atoms with Crippen LogP contribution in [0.25, 0.3) is 11.0 Å². The monoisotopic (exact) mass is 378 g/mol. The van der Waals surface area contributed by atoms with Gasteiger partial charge < -0.3 is 10.1 Å². The van der Waals surface area contributed by atoms with Crippen LogP contribution in [0.1, 0.15) is 19.8 Å². The molecular formula is C21H22N4O3. The highest BCUT2D eigenvalue weighted by Gasteiger charge is 2.13. The molecule has 0 atom stereocenters. The van der Waals surface area contributed by atoms with Gasteiger partial charge >= 0.3 is 5.69 Å². The molecule has 7 heteroatoms. The summed E-state index contributed by atoms with van der Waals surface area (Å²) in [6.45, 7) is 2.97. The van der Waals surface area contributed by atoms with Crippen molar-refractivity contribution in [3.63, 3.8) is 0 Å². The predicted octanol–water partition coefficient (Wildman–Crippen LogP) is 3.14. The van der Waals surface area contributed by atoms with Gasteiger partial charge in [-0.2, -0.15) is 5.26 Å². The lowest BCUT2D eigenvalue weighted by molar-refractivity contribution is -0.116. The van der Waals surface area contributed by atoms with Gasteiger partial charge in [-0.1, -0.05) is 19.1 Å². The summed E-state index contributed by atoms with van der Waals surface area (Å²) < 4.78 is 8.60. The van der Waals surface area contributed by atoms with Gasteiger partial charge in [0.1, 0.15) is 11.8 Å². The number of nitriles is 1. The van der Waals surface area contributed by atoms with Gasteiger partial charge in [0.2, 0.25) is 5.91 Å². The molecule has 1 aromatic heterocycles. The average molecular weight is 378 g/mol. The van der Waals surface area contributed by atoms with Crippen molar-refractivity contribution in [2.24, 2.45) is 0 Å². The van der Waals surface area contributed by atoms with Crippen LogP contribution in [0.2, 0.25) is 0 Å². The largest absolute Gasteiger partial charge is 0.479 e. The van der Waals surface area contributed by atoms with E-state index >= 15 is 0 Å². The Morgan fingerprint density at radius 3 is 2.32 bits per heavy atom. The van der Waals surface area contributed by atoms with E-state index in [9.17, 15) is 9.59 Å². The van der Waals surface area contributed by atoms with Crippen LogP contribution in [-0.4, -0.2) is 21.6 Å². The number of carbonyl (C=O) groups excluding carboxylic acids is 1. The van der Waals surface area contributed by atoms with Crippen molar-refractivity contribution < 1.29 is 9.53 Å². The molecule has 144 valence electrons. The summed E-state index contributed by atoms with van der Waals surface area (Å²) >= 11 is 0. The van der Waals surface area contributed by atoms with Gasteiger partial charge in [0.05, 0.1) is 11.0 Å². The summed E-state index contributed by atoms with van der Waals surface area (Å²) in [7, 11) is 0. The van der Waals surface area contributed by atoms with E-state index in [0.29, 0.717) is 24.5 Å². The van der Waals surface area contributed by atoms with Crippen LogP contribution in [0, 0.1) is 11.3 Å². The fourth-order valence-corrected chi connectivity index (χ4v) is 3.12. The number of nitrogens with zero attached hydrogens (tertiary/aromatic N) is 3. The molecule has 1 N–H and O–H groups in total. The number of aryl methyl sites for hydroxylation is 2. The molecule has 7 nitrogen and oxygen atoms in total. The Morgan fingerprint density at radius 1 is 1.07 bits per heavy atom. The number of imidazole rings is 1. The predicted molar refractivity (Wildman–Crippen MR) is 107 cm³/mol. The molecule has 0 bridgehead atoms. The Labute approximate surface area is 162 Å². The van der Waals surface area contributed by atoms with Gasteiger partial charge in [-0.3, -0.25) is 13.9 Å². The van der Waals surface area contributed by atoms with Gasteiger partial charge in [-0.15, -0.1) is 0 Å². The van der Waals surface area contributed by atoms with E-state index in [-0.39, 0.29) is 24.6 Å². The van der Waals surface area contributed by atoms with Crippen molar-refractivity contribution in [3.05, 3.63) is 59.0 Å². The molecule has 0 fully saturated rings. The molecule has 0 aliphatic carbocycles. The van der Waals surface area contributed by atoms with Crippen molar-refractivity contribution in [3.8, 4) is 11.8 Å². The van der Waals surface area contributed by atoms with Crippen LogP contribution in [0.15, 0.2) is 53.3 Å². The van der Waals surface area contributed by atoms with Crippen molar-refractivity contribution in [1.82, 2.24) is 9.13 Å².